The van der Waals surface area contributed by atoms with Crippen molar-refractivity contribution in [3.63, 3.8) is 0 Å². The van der Waals surface area contributed by atoms with Crippen LogP contribution in [-0.4, -0.2) is 39.3 Å². The van der Waals surface area contributed by atoms with Crippen LogP contribution in [0.25, 0.3) is 0 Å². The van der Waals surface area contributed by atoms with Gasteiger partial charge in [0.15, 0.2) is 0 Å². The fourth-order valence-electron chi connectivity index (χ4n) is 5.17. The first-order valence-corrected chi connectivity index (χ1v) is 11.8. The molecule has 0 heterocycles. The Morgan fingerprint density at radius 3 is 2.72 bits per heavy atom. The lowest BCUT2D eigenvalue weighted by molar-refractivity contribution is 0.0681. The topological polar surface area (TPSA) is 50.4 Å². The summed E-state index contributed by atoms with van der Waals surface area (Å²) in [5.74, 6) is 0.851. The van der Waals surface area contributed by atoms with Crippen molar-refractivity contribution >= 4 is 17.5 Å². The van der Waals surface area contributed by atoms with E-state index in [0.29, 0.717) is 16.0 Å². The lowest BCUT2D eigenvalue weighted by atomic mass is 9.62. The third-order valence-electron chi connectivity index (χ3n) is 6.73. The summed E-state index contributed by atoms with van der Waals surface area (Å²) in [4.78, 5) is 12.9. The lowest BCUT2D eigenvalue weighted by Gasteiger charge is -2.45. The van der Waals surface area contributed by atoms with E-state index in [1.807, 2.05) is 25.2 Å². The summed E-state index contributed by atoms with van der Waals surface area (Å²) < 4.78 is 5.66. The van der Waals surface area contributed by atoms with Gasteiger partial charge in [-0.1, -0.05) is 43.4 Å². The summed E-state index contributed by atoms with van der Waals surface area (Å²) in [6.07, 6.45) is 12.1. The molecule has 4 nitrogen and oxygen atoms in total. The highest BCUT2D eigenvalue weighted by atomic mass is 35.5. The summed E-state index contributed by atoms with van der Waals surface area (Å²) >= 11 is 6.36. The average Bonchev–Trinajstić information content (AvgIpc) is 2.72. The van der Waals surface area contributed by atoms with E-state index in [0.717, 1.165) is 57.0 Å². The highest BCUT2D eigenvalue weighted by Crippen LogP contribution is 2.48. The van der Waals surface area contributed by atoms with Crippen LogP contribution >= 0.6 is 11.6 Å². The number of hydrogen-bond acceptors (Lipinski definition) is 3. The molecular weight excluding hydrogens is 384 g/mol. The van der Waals surface area contributed by atoms with Crippen LogP contribution in [0.1, 0.15) is 73.7 Å². The predicted molar refractivity (Wildman–Crippen MR) is 120 cm³/mol. The minimum absolute atomic E-state index is 0.0257. The van der Waals surface area contributed by atoms with Gasteiger partial charge in [-0.3, -0.25) is 4.79 Å². The Balaban J connectivity index is 1.48. The second kappa shape index (κ2) is 11.3. The smallest absolute Gasteiger partial charge is 0.252 e. The van der Waals surface area contributed by atoms with Gasteiger partial charge < -0.3 is 15.4 Å². The van der Waals surface area contributed by atoms with Crippen molar-refractivity contribution in [2.75, 3.05) is 33.4 Å². The second-order valence-corrected chi connectivity index (χ2v) is 9.43. The average molecular weight is 421 g/mol. The number of aryl methyl sites for hydroxylation is 1. The predicted octanol–water partition coefficient (Wildman–Crippen LogP) is 4.99. The SMILES string of the molecule is CNCCCOCCCc1ccc(Cl)c(C(=O)NCC23CCCC(CCC2)C3)c1. The molecule has 0 aliphatic heterocycles. The Hall–Kier alpha value is -1.10. The van der Waals surface area contributed by atoms with Gasteiger partial charge in [0.1, 0.15) is 0 Å². The van der Waals surface area contributed by atoms with Crippen LogP contribution in [0.4, 0.5) is 0 Å². The van der Waals surface area contributed by atoms with Crippen LogP contribution in [0.15, 0.2) is 18.2 Å². The maximum absolute atomic E-state index is 12.9. The van der Waals surface area contributed by atoms with Gasteiger partial charge >= 0.3 is 0 Å². The van der Waals surface area contributed by atoms with Gasteiger partial charge in [0.05, 0.1) is 10.6 Å². The van der Waals surface area contributed by atoms with Crippen LogP contribution in [0.3, 0.4) is 0 Å². The lowest BCUT2D eigenvalue weighted by Crippen LogP contribution is -2.43. The maximum atomic E-state index is 12.9. The Labute approximate surface area is 181 Å². The summed E-state index contributed by atoms with van der Waals surface area (Å²) in [5, 5.41) is 6.88. The number of ether oxygens (including phenoxy) is 1. The highest BCUT2D eigenvalue weighted by molar-refractivity contribution is 6.33. The Bertz CT molecular complexity index is 654. The van der Waals surface area contributed by atoms with E-state index in [2.05, 4.69) is 10.6 Å². The molecule has 29 heavy (non-hydrogen) atoms. The van der Waals surface area contributed by atoms with Crippen LogP contribution in [-0.2, 0) is 11.2 Å². The minimum Gasteiger partial charge on any atom is -0.381 e. The third-order valence-corrected chi connectivity index (χ3v) is 7.06. The zero-order valence-electron chi connectivity index (χ0n) is 17.9. The van der Waals surface area contributed by atoms with Gasteiger partial charge in [0, 0.05) is 19.8 Å². The molecule has 2 bridgehead atoms. The first kappa shape index (κ1) is 22.6. The minimum atomic E-state index is -0.0257. The van der Waals surface area contributed by atoms with Gasteiger partial charge in [-0.15, -0.1) is 0 Å². The molecule has 2 saturated carbocycles. The monoisotopic (exact) mass is 420 g/mol. The van der Waals surface area contributed by atoms with Crippen molar-refractivity contribution < 1.29 is 9.53 Å². The number of fused-ring (bicyclic) bond motifs is 2. The van der Waals surface area contributed by atoms with Crippen LogP contribution in [0.5, 0.6) is 0 Å². The number of rotatable bonds is 11. The fraction of sp³-hybridized carbons (Fsp3) is 0.708. The normalized spacial score (nSPS) is 23.7. The maximum Gasteiger partial charge on any atom is 0.252 e. The van der Waals surface area contributed by atoms with Crippen molar-refractivity contribution in [2.24, 2.45) is 11.3 Å². The molecule has 2 N–H and O–H groups in total. The molecule has 2 aliphatic carbocycles. The molecule has 1 amide bonds. The van der Waals surface area contributed by atoms with E-state index in [1.54, 1.807) is 0 Å². The van der Waals surface area contributed by atoms with Crippen molar-refractivity contribution in [2.45, 2.75) is 64.2 Å². The molecule has 5 heteroatoms. The number of amides is 1. The standard InChI is InChI=1S/C24H37ClN2O2/c1-26-13-5-15-29-14-4-8-19-9-10-22(25)21(16-19)23(28)27-18-24-11-2-6-20(17-24)7-3-12-24/h9-10,16,20,26H,2-8,11-15,17-18H2,1H3,(H,27,28). The van der Waals surface area contributed by atoms with E-state index < -0.39 is 0 Å². The largest absolute Gasteiger partial charge is 0.381 e. The zero-order chi connectivity index (χ0) is 20.5. The number of carbonyl (C=O) groups is 1. The first-order chi connectivity index (χ1) is 14.1. The van der Waals surface area contributed by atoms with E-state index in [-0.39, 0.29) is 5.91 Å². The van der Waals surface area contributed by atoms with E-state index in [1.165, 1.54) is 44.9 Å². The Kier molecular flexibility index (Phi) is 8.83. The highest BCUT2D eigenvalue weighted by Gasteiger charge is 2.39. The first-order valence-electron chi connectivity index (χ1n) is 11.4. The van der Waals surface area contributed by atoms with E-state index >= 15 is 0 Å². The molecule has 1 aromatic carbocycles. The number of benzene rings is 1. The van der Waals surface area contributed by atoms with Crippen molar-refractivity contribution in [3.8, 4) is 0 Å². The third kappa shape index (κ3) is 6.70. The molecule has 0 saturated heterocycles. The van der Waals surface area contributed by atoms with Crippen molar-refractivity contribution in [1.29, 1.82) is 0 Å². The summed E-state index contributed by atoms with van der Waals surface area (Å²) in [6.45, 7) is 3.32. The molecular formula is C24H37ClN2O2. The van der Waals surface area contributed by atoms with E-state index in [9.17, 15) is 4.79 Å². The molecule has 1 aromatic rings. The number of carbonyl (C=O) groups excluding carboxylic acids is 1. The summed E-state index contributed by atoms with van der Waals surface area (Å²) in [7, 11) is 1.95. The summed E-state index contributed by atoms with van der Waals surface area (Å²) in [5.41, 5.74) is 2.08. The molecule has 162 valence electrons. The number of hydrogen-bond donors (Lipinski definition) is 2. The van der Waals surface area contributed by atoms with Crippen LogP contribution in [0.2, 0.25) is 5.02 Å². The van der Waals surface area contributed by atoms with Gasteiger partial charge in [-0.2, -0.15) is 0 Å². The molecule has 2 fully saturated rings. The fourth-order valence-corrected chi connectivity index (χ4v) is 5.37. The number of nitrogens with one attached hydrogen (secondary N) is 2. The molecule has 3 rings (SSSR count). The Morgan fingerprint density at radius 1 is 1.21 bits per heavy atom. The van der Waals surface area contributed by atoms with Gasteiger partial charge in [-0.05, 0) is 81.1 Å². The molecule has 0 aromatic heterocycles. The number of halogens is 1. The van der Waals surface area contributed by atoms with Gasteiger partial charge in [0.2, 0.25) is 0 Å². The van der Waals surface area contributed by atoms with Crippen molar-refractivity contribution in [1.82, 2.24) is 10.6 Å². The second-order valence-electron chi connectivity index (χ2n) is 9.02. The zero-order valence-corrected chi connectivity index (χ0v) is 18.7. The molecule has 0 unspecified atom stereocenters. The van der Waals surface area contributed by atoms with Gasteiger partial charge in [-0.25, -0.2) is 0 Å². The van der Waals surface area contributed by atoms with E-state index in [4.69, 9.17) is 16.3 Å². The quantitative estimate of drug-likeness (QED) is 0.496. The molecule has 0 spiro atoms. The van der Waals surface area contributed by atoms with Crippen LogP contribution < -0.4 is 10.6 Å². The molecule has 0 atom stereocenters. The Morgan fingerprint density at radius 2 is 1.97 bits per heavy atom. The van der Waals surface area contributed by atoms with Gasteiger partial charge in [0.25, 0.3) is 5.91 Å². The summed E-state index contributed by atoms with van der Waals surface area (Å²) in [6, 6.07) is 5.83. The van der Waals surface area contributed by atoms with Crippen LogP contribution in [0, 0.1) is 11.3 Å². The van der Waals surface area contributed by atoms with Crippen molar-refractivity contribution in [3.05, 3.63) is 34.3 Å². The molecule has 2 aliphatic rings. The molecule has 0 radical (unpaired) electrons.